The van der Waals surface area contributed by atoms with Crippen molar-refractivity contribution in [3.05, 3.63) is 17.5 Å². The molecule has 0 spiro atoms. The molecular formula is C19H32N4O2. The lowest BCUT2D eigenvalue weighted by Crippen LogP contribution is -2.47. The van der Waals surface area contributed by atoms with Crippen molar-refractivity contribution in [3.8, 4) is 0 Å². The van der Waals surface area contributed by atoms with Gasteiger partial charge in [0.25, 0.3) is 5.91 Å². The SMILES string of the molecule is CC[C@@H]1CN(C(=O)c2cn(CC)nc2C(C)C)C[C@@H]1N1CCOCC1. The first kappa shape index (κ1) is 18.4. The Bertz CT molecular complexity index is 592. The number of carbonyl (C=O) groups excluding carboxylic acids is 1. The summed E-state index contributed by atoms with van der Waals surface area (Å²) in [6.45, 7) is 14.6. The number of aryl methyl sites for hydroxylation is 1. The van der Waals surface area contributed by atoms with E-state index in [0.29, 0.717) is 12.0 Å². The van der Waals surface area contributed by atoms with Gasteiger partial charge in [-0.2, -0.15) is 5.10 Å². The topological polar surface area (TPSA) is 50.6 Å². The maximum atomic E-state index is 13.2. The monoisotopic (exact) mass is 348 g/mol. The summed E-state index contributed by atoms with van der Waals surface area (Å²) in [5, 5.41) is 4.61. The second-order valence-electron chi connectivity index (χ2n) is 7.53. The molecule has 1 aromatic rings. The van der Waals surface area contributed by atoms with Crippen LogP contribution in [0, 0.1) is 5.92 Å². The van der Waals surface area contributed by atoms with E-state index in [1.807, 2.05) is 10.9 Å². The number of hydrogen-bond acceptors (Lipinski definition) is 4. The zero-order chi connectivity index (χ0) is 18.0. The molecule has 140 valence electrons. The molecule has 3 heterocycles. The van der Waals surface area contributed by atoms with E-state index in [0.717, 1.165) is 63.6 Å². The molecule has 2 fully saturated rings. The predicted octanol–water partition coefficient (Wildman–Crippen LogP) is 2.21. The normalized spacial score (nSPS) is 25.1. The number of amides is 1. The smallest absolute Gasteiger partial charge is 0.257 e. The molecule has 6 heteroatoms. The van der Waals surface area contributed by atoms with Gasteiger partial charge in [0.1, 0.15) is 0 Å². The first-order chi connectivity index (χ1) is 12.0. The van der Waals surface area contributed by atoms with Crippen LogP contribution >= 0.6 is 0 Å². The van der Waals surface area contributed by atoms with Gasteiger partial charge in [0.05, 0.1) is 24.5 Å². The van der Waals surface area contributed by atoms with Gasteiger partial charge in [0, 0.05) is 45.0 Å². The van der Waals surface area contributed by atoms with Crippen molar-refractivity contribution < 1.29 is 9.53 Å². The van der Waals surface area contributed by atoms with Crippen molar-refractivity contribution in [2.24, 2.45) is 5.92 Å². The zero-order valence-electron chi connectivity index (χ0n) is 16.1. The van der Waals surface area contributed by atoms with Crippen LogP contribution in [0.4, 0.5) is 0 Å². The molecule has 0 N–H and O–H groups in total. The van der Waals surface area contributed by atoms with Crippen molar-refractivity contribution in [1.82, 2.24) is 19.6 Å². The lowest BCUT2D eigenvalue weighted by atomic mass is 9.99. The van der Waals surface area contributed by atoms with Gasteiger partial charge in [-0.15, -0.1) is 0 Å². The third kappa shape index (κ3) is 3.75. The minimum Gasteiger partial charge on any atom is -0.379 e. The van der Waals surface area contributed by atoms with Crippen molar-refractivity contribution >= 4 is 5.91 Å². The molecular weight excluding hydrogens is 316 g/mol. The lowest BCUT2D eigenvalue weighted by Gasteiger charge is -2.34. The summed E-state index contributed by atoms with van der Waals surface area (Å²) in [5.74, 6) is 0.953. The number of likely N-dealkylation sites (tertiary alicyclic amines) is 1. The fourth-order valence-electron chi connectivity index (χ4n) is 4.10. The van der Waals surface area contributed by atoms with Crippen LogP contribution in [-0.2, 0) is 11.3 Å². The molecule has 0 radical (unpaired) electrons. The van der Waals surface area contributed by atoms with Crippen LogP contribution < -0.4 is 0 Å². The number of nitrogens with zero attached hydrogens (tertiary/aromatic N) is 4. The van der Waals surface area contributed by atoms with E-state index in [1.54, 1.807) is 0 Å². The standard InChI is InChI=1S/C19H32N4O2/c1-5-15-11-22(13-17(15)21-7-9-25-10-8-21)19(24)16-12-23(6-2)20-18(16)14(3)4/h12,14-15,17H,5-11,13H2,1-4H3/t15-,17+/m1/s1. The van der Waals surface area contributed by atoms with E-state index in [1.165, 1.54) is 0 Å². The molecule has 2 atom stereocenters. The van der Waals surface area contributed by atoms with Gasteiger partial charge in [-0.25, -0.2) is 0 Å². The molecule has 0 saturated carbocycles. The summed E-state index contributed by atoms with van der Waals surface area (Å²) in [6, 6.07) is 0.460. The van der Waals surface area contributed by atoms with E-state index < -0.39 is 0 Å². The summed E-state index contributed by atoms with van der Waals surface area (Å²) < 4.78 is 7.38. The molecule has 1 amide bonds. The number of rotatable bonds is 5. The van der Waals surface area contributed by atoms with Gasteiger partial charge in [0.2, 0.25) is 0 Å². The molecule has 2 saturated heterocycles. The van der Waals surface area contributed by atoms with E-state index in [2.05, 4.69) is 42.6 Å². The second-order valence-corrected chi connectivity index (χ2v) is 7.53. The molecule has 0 aliphatic carbocycles. The molecule has 2 aliphatic rings. The van der Waals surface area contributed by atoms with Crippen molar-refractivity contribution in [1.29, 1.82) is 0 Å². The van der Waals surface area contributed by atoms with Gasteiger partial charge in [-0.1, -0.05) is 27.2 Å². The number of hydrogen-bond donors (Lipinski definition) is 0. The Hall–Kier alpha value is -1.40. The van der Waals surface area contributed by atoms with Gasteiger partial charge in [0.15, 0.2) is 0 Å². The Kier molecular flexibility index (Phi) is 5.79. The summed E-state index contributed by atoms with van der Waals surface area (Å²) in [6.07, 6.45) is 3.04. The van der Waals surface area contributed by atoms with Gasteiger partial charge in [-0.3, -0.25) is 14.4 Å². The van der Waals surface area contributed by atoms with Crippen LogP contribution in [0.1, 0.15) is 56.1 Å². The zero-order valence-corrected chi connectivity index (χ0v) is 16.1. The molecule has 0 unspecified atom stereocenters. The third-order valence-corrected chi connectivity index (χ3v) is 5.62. The predicted molar refractivity (Wildman–Crippen MR) is 97.9 cm³/mol. The van der Waals surface area contributed by atoms with Crippen LogP contribution in [0.15, 0.2) is 6.20 Å². The molecule has 0 bridgehead atoms. The van der Waals surface area contributed by atoms with Crippen molar-refractivity contribution in [2.75, 3.05) is 39.4 Å². The first-order valence-electron chi connectivity index (χ1n) is 9.73. The summed E-state index contributed by atoms with van der Waals surface area (Å²) in [5.41, 5.74) is 1.71. The molecule has 6 nitrogen and oxygen atoms in total. The minimum absolute atomic E-state index is 0.151. The first-order valence-corrected chi connectivity index (χ1v) is 9.73. The van der Waals surface area contributed by atoms with Gasteiger partial charge in [-0.05, 0) is 18.8 Å². The largest absolute Gasteiger partial charge is 0.379 e. The molecule has 1 aromatic heterocycles. The Balaban J connectivity index is 1.77. The van der Waals surface area contributed by atoms with Crippen LogP contribution in [0.25, 0.3) is 0 Å². The fourth-order valence-corrected chi connectivity index (χ4v) is 4.10. The van der Waals surface area contributed by atoms with E-state index >= 15 is 0 Å². The number of aromatic nitrogens is 2. The minimum atomic E-state index is 0.151. The van der Waals surface area contributed by atoms with E-state index in [9.17, 15) is 4.79 Å². The summed E-state index contributed by atoms with van der Waals surface area (Å²) >= 11 is 0. The highest BCUT2D eigenvalue weighted by atomic mass is 16.5. The number of morpholine rings is 1. The van der Waals surface area contributed by atoms with Gasteiger partial charge >= 0.3 is 0 Å². The van der Waals surface area contributed by atoms with Crippen LogP contribution in [0.2, 0.25) is 0 Å². The van der Waals surface area contributed by atoms with Crippen molar-refractivity contribution in [2.45, 2.75) is 52.6 Å². The Morgan fingerprint density at radius 3 is 2.60 bits per heavy atom. The highest BCUT2D eigenvalue weighted by molar-refractivity contribution is 5.95. The molecule has 3 rings (SSSR count). The van der Waals surface area contributed by atoms with Crippen LogP contribution in [0.3, 0.4) is 0 Å². The Morgan fingerprint density at radius 1 is 1.28 bits per heavy atom. The third-order valence-electron chi connectivity index (χ3n) is 5.62. The Morgan fingerprint density at radius 2 is 2.00 bits per heavy atom. The molecule has 25 heavy (non-hydrogen) atoms. The van der Waals surface area contributed by atoms with Crippen LogP contribution in [0.5, 0.6) is 0 Å². The molecule has 2 aliphatic heterocycles. The fraction of sp³-hybridized carbons (Fsp3) is 0.789. The lowest BCUT2D eigenvalue weighted by molar-refractivity contribution is 0.0103. The maximum absolute atomic E-state index is 13.2. The number of ether oxygens (including phenoxy) is 1. The highest BCUT2D eigenvalue weighted by Crippen LogP contribution is 2.28. The highest BCUT2D eigenvalue weighted by Gasteiger charge is 2.39. The summed E-state index contributed by atoms with van der Waals surface area (Å²) in [7, 11) is 0. The average molecular weight is 348 g/mol. The average Bonchev–Trinajstić information content (AvgIpc) is 3.26. The Labute approximate surface area is 151 Å². The van der Waals surface area contributed by atoms with E-state index in [4.69, 9.17) is 4.74 Å². The van der Waals surface area contributed by atoms with Crippen LogP contribution in [-0.4, -0.2) is 70.9 Å². The summed E-state index contributed by atoms with van der Waals surface area (Å²) in [4.78, 5) is 17.8. The molecule has 0 aromatic carbocycles. The van der Waals surface area contributed by atoms with E-state index in [-0.39, 0.29) is 11.8 Å². The number of carbonyl (C=O) groups is 1. The van der Waals surface area contributed by atoms with Gasteiger partial charge < -0.3 is 9.64 Å². The quantitative estimate of drug-likeness (QED) is 0.819. The second kappa shape index (κ2) is 7.87. The van der Waals surface area contributed by atoms with Crippen molar-refractivity contribution in [3.63, 3.8) is 0 Å². The maximum Gasteiger partial charge on any atom is 0.257 e.